The number of rotatable bonds is 9. The van der Waals surface area contributed by atoms with Gasteiger partial charge in [0, 0.05) is 22.3 Å². The van der Waals surface area contributed by atoms with Gasteiger partial charge < -0.3 is 15.2 Å². The summed E-state index contributed by atoms with van der Waals surface area (Å²) in [5.41, 5.74) is 3.47. The molecule has 2 aromatic carbocycles. The molecule has 0 aliphatic heterocycles. The number of carbonyl (C=O) groups is 2. The maximum absolute atomic E-state index is 12.9. The normalized spacial score (nSPS) is 12.0. The van der Waals surface area contributed by atoms with Gasteiger partial charge in [-0.1, -0.05) is 59.2 Å². The summed E-state index contributed by atoms with van der Waals surface area (Å²) < 4.78 is 2.93. The van der Waals surface area contributed by atoms with E-state index < -0.39 is 0 Å². The number of hydrogen-bond acceptors (Lipinski definition) is 5. The monoisotopic (exact) mass is 543 g/mol. The Kier molecular flexibility index (Phi) is 8.90. The van der Waals surface area contributed by atoms with Crippen molar-refractivity contribution in [3.63, 3.8) is 0 Å². The average molecular weight is 545 g/mol. The molecular formula is C25H30BrN5O2S. The first kappa shape index (κ1) is 26.0. The number of carbonyl (C=O) groups excluding carboxylic acids is 2. The predicted octanol–water partition coefficient (Wildman–Crippen LogP) is 5.54. The number of aryl methyl sites for hydroxylation is 2. The van der Waals surface area contributed by atoms with Gasteiger partial charge in [0.05, 0.1) is 11.8 Å². The molecule has 180 valence electrons. The molecule has 0 radical (unpaired) electrons. The molecule has 0 aliphatic carbocycles. The van der Waals surface area contributed by atoms with Crippen molar-refractivity contribution in [1.29, 1.82) is 0 Å². The van der Waals surface area contributed by atoms with Gasteiger partial charge in [-0.05, 0) is 62.6 Å². The molecule has 34 heavy (non-hydrogen) atoms. The van der Waals surface area contributed by atoms with Crippen LogP contribution in [0.3, 0.4) is 0 Å². The number of halogens is 1. The van der Waals surface area contributed by atoms with Crippen LogP contribution in [0.25, 0.3) is 0 Å². The van der Waals surface area contributed by atoms with Gasteiger partial charge in [0.1, 0.15) is 0 Å². The van der Waals surface area contributed by atoms with E-state index in [-0.39, 0.29) is 29.5 Å². The topological polar surface area (TPSA) is 88.9 Å². The van der Waals surface area contributed by atoms with Crippen LogP contribution in [0, 0.1) is 19.8 Å². The first-order valence-corrected chi connectivity index (χ1v) is 13.0. The van der Waals surface area contributed by atoms with Gasteiger partial charge in [0.25, 0.3) is 5.91 Å². The molecule has 0 fully saturated rings. The van der Waals surface area contributed by atoms with Gasteiger partial charge in [-0.2, -0.15) is 0 Å². The number of aromatic nitrogens is 3. The van der Waals surface area contributed by atoms with Crippen LogP contribution in [0.1, 0.15) is 54.1 Å². The SMILES string of the molecule is CCn1c(SCC(=O)Nc2ccc(Br)cc2C)nnc1C(NC(=O)c1ccc(C)cc1)C(C)C. The van der Waals surface area contributed by atoms with Gasteiger partial charge in [0.2, 0.25) is 5.91 Å². The molecule has 0 saturated carbocycles. The summed E-state index contributed by atoms with van der Waals surface area (Å²) in [5.74, 6) is 0.726. The zero-order chi connectivity index (χ0) is 24.8. The van der Waals surface area contributed by atoms with Crippen molar-refractivity contribution >= 4 is 45.2 Å². The van der Waals surface area contributed by atoms with E-state index >= 15 is 0 Å². The van der Waals surface area contributed by atoms with Crippen molar-refractivity contribution in [3.8, 4) is 0 Å². The van der Waals surface area contributed by atoms with Gasteiger partial charge in [0.15, 0.2) is 11.0 Å². The van der Waals surface area contributed by atoms with E-state index in [0.29, 0.717) is 23.1 Å². The molecule has 1 unspecified atom stereocenters. The van der Waals surface area contributed by atoms with Crippen molar-refractivity contribution in [2.24, 2.45) is 5.92 Å². The lowest BCUT2D eigenvalue weighted by atomic mass is 10.0. The molecule has 0 saturated heterocycles. The van der Waals surface area contributed by atoms with E-state index in [0.717, 1.165) is 21.3 Å². The molecule has 1 heterocycles. The lowest BCUT2D eigenvalue weighted by molar-refractivity contribution is -0.113. The average Bonchev–Trinajstić information content (AvgIpc) is 3.20. The van der Waals surface area contributed by atoms with Gasteiger partial charge in [-0.25, -0.2) is 0 Å². The predicted molar refractivity (Wildman–Crippen MR) is 140 cm³/mol. The van der Waals surface area contributed by atoms with E-state index in [2.05, 4.69) is 36.8 Å². The molecule has 2 amide bonds. The van der Waals surface area contributed by atoms with Crippen LogP contribution in [-0.4, -0.2) is 32.3 Å². The highest BCUT2D eigenvalue weighted by Gasteiger charge is 2.26. The van der Waals surface area contributed by atoms with Crippen molar-refractivity contribution in [2.45, 2.75) is 52.4 Å². The minimum atomic E-state index is -0.310. The number of benzene rings is 2. The summed E-state index contributed by atoms with van der Waals surface area (Å²) in [7, 11) is 0. The Morgan fingerprint density at radius 2 is 1.79 bits per heavy atom. The first-order chi connectivity index (χ1) is 16.2. The third-order valence-electron chi connectivity index (χ3n) is 5.40. The third-order valence-corrected chi connectivity index (χ3v) is 6.86. The highest BCUT2D eigenvalue weighted by atomic mass is 79.9. The maximum Gasteiger partial charge on any atom is 0.251 e. The number of anilines is 1. The van der Waals surface area contributed by atoms with Crippen LogP contribution in [0.15, 0.2) is 52.1 Å². The number of nitrogens with one attached hydrogen (secondary N) is 2. The van der Waals surface area contributed by atoms with E-state index in [1.54, 1.807) is 0 Å². The first-order valence-electron chi connectivity index (χ1n) is 11.2. The van der Waals surface area contributed by atoms with E-state index in [1.807, 2.05) is 81.7 Å². The molecule has 1 aromatic heterocycles. The molecule has 2 N–H and O–H groups in total. The molecular weight excluding hydrogens is 514 g/mol. The van der Waals surface area contributed by atoms with E-state index in [9.17, 15) is 9.59 Å². The van der Waals surface area contributed by atoms with Crippen LogP contribution in [0.5, 0.6) is 0 Å². The lowest BCUT2D eigenvalue weighted by Crippen LogP contribution is -2.33. The Morgan fingerprint density at radius 3 is 2.41 bits per heavy atom. The second kappa shape index (κ2) is 11.7. The van der Waals surface area contributed by atoms with Crippen molar-refractivity contribution in [3.05, 3.63) is 69.5 Å². The summed E-state index contributed by atoms with van der Waals surface area (Å²) in [6.07, 6.45) is 0. The van der Waals surface area contributed by atoms with Crippen LogP contribution < -0.4 is 10.6 Å². The van der Waals surface area contributed by atoms with Gasteiger partial charge >= 0.3 is 0 Å². The van der Waals surface area contributed by atoms with Crippen LogP contribution in [0.2, 0.25) is 0 Å². The molecule has 3 rings (SSSR count). The molecule has 0 spiro atoms. The van der Waals surface area contributed by atoms with Crippen LogP contribution in [-0.2, 0) is 11.3 Å². The Labute approximate surface area is 213 Å². The molecule has 1 atom stereocenters. The van der Waals surface area contributed by atoms with Crippen LogP contribution in [0.4, 0.5) is 5.69 Å². The van der Waals surface area contributed by atoms with Crippen molar-refractivity contribution < 1.29 is 9.59 Å². The van der Waals surface area contributed by atoms with E-state index in [4.69, 9.17) is 0 Å². The summed E-state index contributed by atoms with van der Waals surface area (Å²) in [5, 5.41) is 15.4. The summed E-state index contributed by atoms with van der Waals surface area (Å²) in [6.45, 7) is 10.6. The zero-order valence-corrected chi connectivity index (χ0v) is 22.5. The molecule has 3 aromatic rings. The standard InChI is InChI=1S/C25H30BrN5O2S/c1-6-31-23(22(15(2)3)28-24(33)18-9-7-16(4)8-10-18)29-30-25(31)34-14-21(32)27-20-12-11-19(26)13-17(20)5/h7-13,15,22H,6,14H2,1-5H3,(H,27,32)(H,28,33). The Hall–Kier alpha value is -2.65. The largest absolute Gasteiger partial charge is 0.342 e. The summed E-state index contributed by atoms with van der Waals surface area (Å²) in [4.78, 5) is 25.4. The van der Waals surface area contributed by atoms with E-state index in [1.165, 1.54) is 11.8 Å². The number of thioether (sulfide) groups is 1. The molecule has 0 bridgehead atoms. The van der Waals surface area contributed by atoms with Crippen LogP contribution >= 0.6 is 27.7 Å². The highest BCUT2D eigenvalue weighted by molar-refractivity contribution is 9.10. The maximum atomic E-state index is 12.9. The molecule has 9 heteroatoms. The van der Waals surface area contributed by atoms with Crippen molar-refractivity contribution in [2.75, 3.05) is 11.1 Å². The second-order valence-electron chi connectivity index (χ2n) is 8.44. The smallest absolute Gasteiger partial charge is 0.251 e. The number of nitrogens with zero attached hydrogens (tertiary/aromatic N) is 3. The minimum Gasteiger partial charge on any atom is -0.342 e. The van der Waals surface area contributed by atoms with Gasteiger partial charge in [-0.3, -0.25) is 9.59 Å². The highest BCUT2D eigenvalue weighted by Crippen LogP contribution is 2.26. The summed E-state index contributed by atoms with van der Waals surface area (Å²) in [6, 6.07) is 12.9. The Morgan fingerprint density at radius 1 is 1.09 bits per heavy atom. The minimum absolute atomic E-state index is 0.102. The molecule has 7 nitrogen and oxygen atoms in total. The lowest BCUT2D eigenvalue weighted by Gasteiger charge is -2.22. The fraction of sp³-hybridized carbons (Fsp3) is 0.360. The number of amides is 2. The Balaban J connectivity index is 1.71. The fourth-order valence-electron chi connectivity index (χ4n) is 3.48. The van der Waals surface area contributed by atoms with Gasteiger partial charge in [-0.15, -0.1) is 10.2 Å². The summed E-state index contributed by atoms with van der Waals surface area (Å²) >= 11 is 4.76. The second-order valence-corrected chi connectivity index (χ2v) is 10.3. The fourth-order valence-corrected chi connectivity index (χ4v) is 4.76. The number of hydrogen-bond donors (Lipinski definition) is 2. The zero-order valence-electron chi connectivity index (χ0n) is 20.1. The van der Waals surface area contributed by atoms with Crippen molar-refractivity contribution in [1.82, 2.24) is 20.1 Å². The quantitative estimate of drug-likeness (QED) is 0.346. The third kappa shape index (κ3) is 6.48. The molecule has 0 aliphatic rings. The Bertz CT molecular complexity index is 1160.